The van der Waals surface area contributed by atoms with Gasteiger partial charge >= 0.3 is 0 Å². The normalized spacial score (nSPS) is 29.1. The molecule has 76 valence electrons. The molecule has 1 nitrogen and oxygen atoms in total. The Morgan fingerprint density at radius 1 is 1.31 bits per heavy atom. The lowest BCUT2D eigenvalue weighted by molar-refractivity contribution is 0.0254. The number of alkyl halides is 1. The number of hydrogen-bond donors (Lipinski definition) is 0. The van der Waals surface area contributed by atoms with E-state index in [-0.39, 0.29) is 0 Å². The first-order chi connectivity index (χ1) is 6.25. The minimum Gasteiger partial charge on any atom is -0.295 e. The Bertz CT molecular complexity index is 159. The SMILES string of the molecule is CC(CC1CCCC1)N1CC(F)C1. The summed E-state index contributed by atoms with van der Waals surface area (Å²) in [6.07, 6.45) is 6.43. The summed E-state index contributed by atoms with van der Waals surface area (Å²) in [6, 6.07) is 0.620. The van der Waals surface area contributed by atoms with Crippen LogP contribution in [0.3, 0.4) is 0 Å². The molecule has 2 fully saturated rings. The van der Waals surface area contributed by atoms with Crippen LogP contribution in [-0.4, -0.2) is 30.2 Å². The lowest BCUT2D eigenvalue weighted by Gasteiger charge is -2.40. The van der Waals surface area contributed by atoms with E-state index in [9.17, 15) is 4.39 Å². The van der Waals surface area contributed by atoms with Crippen molar-refractivity contribution in [3.05, 3.63) is 0 Å². The summed E-state index contributed by atoms with van der Waals surface area (Å²) in [4.78, 5) is 2.28. The molecule has 0 N–H and O–H groups in total. The van der Waals surface area contributed by atoms with E-state index in [0.717, 1.165) is 5.92 Å². The highest BCUT2D eigenvalue weighted by Gasteiger charge is 2.31. The molecule has 0 aromatic rings. The largest absolute Gasteiger partial charge is 0.295 e. The van der Waals surface area contributed by atoms with Gasteiger partial charge in [0.15, 0.2) is 0 Å². The lowest BCUT2D eigenvalue weighted by Crippen LogP contribution is -2.52. The Morgan fingerprint density at radius 2 is 1.92 bits per heavy atom. The zero-order chi connectivity index (χ0) is 9.26. The van der Waals surface area contributed by atoms with E-state index in [2.05, 4.69) is 11.8 Å². The summed E-state index contributed by atoms with van der Waals surface area (Å²) >= 11 is 0. The highest BCUT2D eigenvalue weighted by Crippen LogP contribution is 2.30. The molecule has 1 heterocycles. The second-order valence-electron chi connectivity index (χ2n) is 4.79. The van der Waals surface area contributed by atoms with E-state index < -0.39 is 6.17 Å². The highest BCUT2D eigenvalue weighted by atomic mass is 19.1. The number of likely N-dealkylation sites (tertiary alicyclic amines) is 1. The minimum atomic E-state index is -0.536. The first-order valence-corrected chi connectivity index (χ1v) is 5.64. The van der Waals surface area contributed by atoms with Gasteiger partial charge in [0.05, 0.1) is 0 Å². The smallest absolute Gasteiger partial charge is 0.125 e. The van der Waals surface area contributed by atoms with E-state index in [4.69, 9.17) is 0 Å². The fraction of sp³-hybridized carbons (Fsp3) is 1.00. The monoisotopic (exact) mass is 185 g/mol. The zero-order valence-electron chi connectivity index (χ0n) is 8.51. The molecule has 0 bridgehead atoms. The molecule has 2 heteroatoms. The first-order valence-electron chi connectivity index (χ1n) is 5.64. The Labute approximate surface area is 80.3 Å². The second-order valence-corrected chi connectivity index (χ2v) is 4.79. The maximum Gasteiger partial charge on any atom is 0.125 e. The van der Waals surface area contributed by atoms with Gasteiger partial charge in [0.2, 0.25) is 0 Å². The van der Waals surface area contributed by atoms with Crippen molar-refractivity contribution in [2.75, 3.05) is 13.1 Å². The van der Waals surface area contributed by atoms with Crippen LogP contribution in [0.5, 0.6) is 0 Å². The molecule has 1 unspecified atom stereocenters. The molecule has 1 aliphatic heterocycles. The molecular weight excluding hydrogens is 165 g/mol. The van der Waals surface area contributed by atoms with Crippen LogP contribution in [0, 0.1) is 5.92 Å². The summed E-state index contributed by atoms with van der Waals surface area (Å²) in [5.41, 5.74) is 0. The van der Waals surface area contributed by atoms with Crippen LogP contribution in [0.4, 0.5) is 4.39 Å². The van der Waals surface area contributed by atoms with Crippen molar-refractivity contribution in [1.82, 2.24) is 4.90 Å². The molecule has 2 aliphatic rings. The quantitative estimate of drug-likeness (QED) is 0.653. The predicted octanol–water partition coefficient (Wildman–Crippen LogP) is 2.61. The van der Waals surface area contributed by atoms with Gasteiger partial charge in [-0.25, -0.2) is 4.39 Å². The average Bonchev–Trinajstić information content (AvgIpc) is 2.51. The number of rotatable bonds is 3. The molecule has 0 spiro atoms. The van der Waals surface area contributed by atoms with E-state index in [1.54, 1.807) is 0 Å². The molecule has 1 atom stereocenters. The van der Waals surface area contributed by atoms with Gasteiger partial charge in [-0.3, -0.25) is 4.90 Å². The Kier molecular flexibility index (Phi) is 2.87. The van der Waals surface area contributed by atoms with Crippen molar-refractivity contribution < 1.29 is 4.39 Å². The fourth-order valence-corrected chi connectivity index (χ4v) is 2.69. The Balaban J connectivity index is 1.68. The lowest BCUT2D eigenvalue weighted by atomic mass is 9.96. The van der Waals surface area contributed by atoms with Gasteiger partial charge in [-0.05, 0) is 19.3 Å². The third kappa shape index (κ3) is 2.22. The van der Waals surface area contributed by atoms with Crippen molar-refractivity contribution in [3.8, 4) is 0 Å². The molecule has 1 saturated carbocycles. The molecule has 0 aromatic heterocycles. The fourth-order valence-electron chi connectivity index (χ4n) is 2.69. The summed E-state index contributed by atoms with van der Waals surface area (Å²) in [6.45, 7) is 3.63. The molecule has 1 aliphatic carbocycles. The summed E-state index contributed by atoms with van der Waals surface area (Å²) < 4.78 is 12.6. The van der Waals surface area contributed by atoms with Crippen molar-refractivity contribution in [2.24, 2.45) is 5.92 Å². The Morgan fingerprint density at radius 3 is 2.46 bits per heavy atom. The van der Waals surface area contributed by atoms with Gasteiger partial charge in [0, 0.05) is 19.1 Å². The summed E-state index contributed by atoms with van der Waals surface area (Å²) in [7, 11) is 0. The third-order valence-corrected chi connectivity index (χ3v) is 3.64. The van der Waals surface area contributed by atoms with Crippen LogP contribution >= 0.6 is 0 Å². The van der Waals surface area contributed by atoms with Crippen molar-refractivity contribution in [2.45, 2.75) is 51.2 Å². The summed E-state index contributed by atoms with van der Waals surface area (Å²) in [5.74, 6) is 0.939. The van der Waals surface area contributed by atoms with Gasteiger partial charge in [0.25, 0.3) is 0 Å². The predicted molar refractivity (Wildman–Crippen MR) is 52.5 cm³/mol. The number of hydrogen-bond acceptors (Lipinski definition) is 1. The second kappa shape index (κ2) is 3.95. The van der Waals surface area contributed by atoms with Crippen molar-refractivity contribution in [3.63, 3.8) is 0 Å². The Hall–Kier alpha value is -0.110. The van der Waals surface area contributed by atoms with E-state index in [0.29, 0.717) is 19.1 Å². The molecule has 2 rings (SSSR count). The molecule has 0 aromatic carbocycles. The van der Waals surface area contributed by atoms with Gasteiger partial charge in [-0.1, -0.05) is 25.7 Å². The maximum atomic E-state index is 12.6. The van der Waals surface area contributed by atoms with Gasteiger partial charge in [-0.2, -0.15) is 0 Å². The average molecular weight is 185 g/mol. The summed E-state index contributed by atoms with van der Waals surface area (Å²) in [5, 5.41) is 0. The molecule has 13 heavy (non-hydrogen) atoms. The molecular formula is C11H20FN. The molecule has 0 radical (unpaired) electrons. The van der Waals surface area contributed by atoms with Crippen LogP contribution in [-0.2, 0) is 0 Å². The van der Waals surface area contributed by atoms with Gasteiger partial charge < -0.3 is 0 Å². The van der Waals surface area contributed by atoms with Crippen LogP contribution in [0.2, 0.25) is 0 Å². The molecule has 0 amide bonds. The van der Waals surface area contributed by atoms with E-state index in [1.165, 1.54) is 32.1 Å². The van der Waals surface area contributed by atoms with E-state index in [1.807, 2.05) is 0 Å². The first kappa shape index (κ1) is 9.45. The maximum absolute atomic E-state index is 12.6. The molecule has 1 saturated heterocycles. The van der Waals surface area contributed by atoms with Crippen LogP contribution in [0.15, 0.2) is 0 Å². The van der Waals surface area contributed by atoms with Gasteiger partial charge in [-0.15, -0.1) is 0 Å². The number of nitrogens with zero attached hydrogens (tertiary/aromatic N) is 1. The van der Waals surface area contributed by atoms with E-state index >= 15 is 0 Å². The van der Waals surface area contributed by atoms with Crippen LogP contribution in [0.25, 0.3) is 0 Å². The van der Waals surface area contributed by atoms with Crippen LogP contribution in [0.1, 0.15) is 39.0 Å². The number of halogens is 1. The zero-order valence-corrected chi connectivity index (χ0v) is 8.51. The van der Waals surface area contributed by atoms with Crippen molar-refractivity contribution in [1.29, 1.82) is 0 Å². The minimum absolute atomic E-state index is 0.536. The standard InChI is InChI=1S/C11H20FN/c1-9(13-7-11(12)8-13)6-10-4-2-3-5-10/h9-11H,2-8H2,1H3. The topological polar surface area (TPSA) is 3.24 Å². The third-order valence-electron chi connectivity index (χ3n) is 3.64. The highest BCUT2D eigenvalue weighted by molar-refractivity contribution is 4.85. The van der Waals surface area contributed by atoms with Gasteiger partial charge in [0.1, 0.15) is 6.17 Å². The van der Waals surface area contributed by atoms with Crippen molar-refractivity contribution >= 4 is 0 Å². The van der Waals surface area contributed by atoms with Crippen LogP contribution < -0.4 is 0 Å².